The highest BCUT2D eigenvalue weighted by Gasteiger charge is 2.20. The molecule has 1 aromatic heterocycles. The van der Waals surface area contributed by atoms with Crippen LogP contribution < -0.4 is 5.56 Å². The summed E-state index contributed by atoms with van der Waals surface area (Å²) in [7, 11) is 0. The van der Waals surface area contributed by atoms with Crippen molar-refractivity contribution in [1.82, 2.24) is 9.97 Å². The van der Waals surface area contributed by atoms with Gasteiger partial charge >= 0.3 is 0 Å². The normalized spacial score (nSPS) is 22.0. The van der Waals surface area contributed by atoms with Crippen molar-refractivity contribution in [2.75, 3.05) is 6.61 Å². The molecule has 5 heteroatoms. The molecule has 0 aromatic carbocycles. The maximum Gasteiger partial charge on any atom is 0.254 e. The molecule has 0 aliphatic carbocycles. The van der Waals surface area contributed by atoms with Crippen LogP contribution in [0.15, 0.2) is 10.9 Å². The molecule has 2 rings (SSSR count). The molecule has 0 saturated carbocycles. The van der Waals surface area contributed by atoms with Crippen LogP contribution in [0.2, 0.25) is 0 Å². The molecular formula is C8H10N2O3. The number of nitrogens with zero attached hydrogens (tertiary/aromatic N) is 1. The lowest BCUT2D eigenvalue weighted by molar-refractivity contribution is 0.104. The molecule has 1 unspecified atom stereocenters. The molecule has 70 valence electrons. The van der Waals surface area contributed by atoms with Gasteiger partial charge in [-0.25, -0.2) is 0 Å². The van der Waals surface area contributed by atoms with E-state index in [9.17, 15) is 4.79 Å². The van der Waals surface area contributed by atoms with Crippen molar-refractivity contribution in [1.29, 1.82) is 0 Å². The summed E-state index contributed by atoms with van der Waals surface area (Å²) in [5.74, 6) is 0.164. The van der Waals surface area contributed by atoms with Crippen LogP contribution >= 0.6 is 0 Å². The lowest BCUT2D eigenvalue weighted by atomic mass is 10.2. The summed E-state index contributed by atoms with van der Waals surface area (Å²) >= 11 is 0. The molecular weight excluding hydrogens is 172 g/mol. The number of hydrogen-bond acceptors (Lipinski definition) is 4. The summed E-state index contributed by atoms with van der Waals surface area (Å²) in [6.07, 6.45) is 1.64. The van der Waals surface area contributed by atoms with Crippen LogP contribution in [0.5, 0.6) is 5.88 Å². The van der Waals surface area contributed by atoms with Gasteiger partial charge in [-0.05, 0) is 12.8 Å². The van der Waals surface area contributed by atoms with E-state index in [0.717, 1.165) is 18.9 Å². The summed E-state index contributed by atoms with van der Waals surface area (Å²) in [6, 6.07) is 1.04. The number of aromatic hydroxyl groups is 1. The van der Waals surface area contributed by atoms with Crippen molar-refractivity contribution in [3.8, 4) is 5.88 Å². The Kier molecular flexibility index (Phi) is 2.02. The Morgan fingerprint density at radius 2 is 2.54 bits per heavy atom. The number of H-pyrrole nitrogens is 1. The van der Waals surface area contributed by atoms with E-state index in [-0.39, 0.29) is 17.5 Å². The van der Waals surface area contributed by atoms with Gasteiger partial charge in [-0.15, -0.1) is 0 Å². The Morgan fingerprint density at radius 3 is 3.15 bits per heavy atom. The van der Waals surface area contributed by atoms with Crippen LogP contribution in [0.3, 0.4) is 0 Å². The minimum Gasteiger partial charge on any atom is -0.493 e. The maximum atomic E-state index is 11.0. The van der Waals surface area contributed by atoms with E-state index in [4.69, 9.17) is 9.84 Å². The molecule has 2 heterocycles. The second kappa shape index (κ2) is 3.18. The Morgan fingerprint density at radius 1 is 1.69 bits per heavy atom. The van der Waals surface area contributed by atoms with Crippen LogP contribution in [-0.2, 0) is 4.74 Å². The van der Waals surface area contributed by atoms with Crippen molar-refractivity contribution in [3.05, 3.63) is 22.2 Å². The Balaban J connectivity index is 2.33. The van der Waals surface area contributed by atoms with Gasteiger partial charge in [0.15, 0.2) is 0 Å². The van der Waals surface area contributed by atoms with Crippen LogP contribution in [0.1, 0.15) is 24.8 Å². The highest BCUT2D eigenvalue weighted by molar-refractivity contribution is 5.08. The van der Waals surface area contributed by atoms with Crippen LogP contribution in [-0.4, -0.2) is 21.7 Å². The fourth-order valence-corrected chi connectivity index (χ4v) is 1.41. The average molecular weight is 182 g/mol. The fourth-order valence-electron chi connectivity index (χ4n) is 1.41. The molecule has 1 atom stereocenters. The van der Waals surface area contributed by atoms with Gasteiger partial charge in [-0.3, -0.25) is 4.79 Å². The third kappa shape index (κ3) is 1.70. The highest BCUT2D eigenvalue weighted by atomic mass is 16.5. The second-order valence-electron chi connectivity index (χ2n) is 2.99. The first kappa shape index (κ1) is 8.25. The zero-order valence-electron chi connectivity index (χ0n) is 6.99. The first-order chi connectivity index (χ1) is 6.25. The number of hydrogen-bond donors (Lipinski definition) is 2. The predicted molar refractivity (Wildman–Crippen MR) is 44.4 cm³/mol. The summed E-state index contributed by atoms with van der Waals surface area (Å²) in [5.41, 5.74) is -0.349. The Labute approximate surface area is 74.4 Å². The summed E-state index contributed by atoms with van der Waals surface area (Å²) in [4.78, 5) is 17.3. The van der Waals surface area contributed by atoms with Crippen molar-refractivity contribution in [2.45, 2.75) is 18.9 Å². The fraction of sp³-hybridized carbons (Fsp3) is 0.500. The van der Waals surface area contributed by atoms with Gasteiger partial charge in [0, 0.05) is 6.61 Å². The number of rotatable bonds is 1. The summed E-state index contributed by atoms with van der Waals surface area (Å²) < 4.78 is 5.31. The van der Waals surface area contributed by atoms with Gasteiger partial charge in [0.05, 0.1) is 6.07 Å². The first-order valence-corrected chi connectivity index (χ1v) is 4.17. The molecule has 2 N–H and O–H groups in total. The second-order valence-corrected chi connectivity index (χ2v) is 2.99. The van der Waals surface area contributed by atoms with Gasteiger partial charge in [0.1, 0.15) is 11.9 Å². The van der Waals surface area contributed by atoms with E-state index in [1.165, 1.54) is 0 Å². The maximum absolute atomic E-state index is 11.0. The van der Waals surface area contributed by atoms with Crippen LogP contribution in [0.25, 0.3) is 0 Å². The van der Waals surface area contributed by atoms with Gasteiger partial charge in [-0.2, -0.15) is 4.98 Å². The number of ether oxygens (including phenoxy) is 1. The molecule has 0 amide bonds. The lowest BCUT2D eigenvalue weighted by Gasteiger charge is -2.07. The van der Waals surface area contributed by atoms with Gasteiger partial charge in [0.25, 0.3) is 5.56 Å². The average Bonchev–Trinajstić information content (AvgIpc) is 2.53. The highest BCUT2D eigenvalue weighted by Crippen LogP contribution is 2.25. The molecule has 1 aromatic rings. The quantitative estimate of drug-likeness (QED) is 0.656. The minimum absolute atomic E-state index is 0.167. The standard InChI is InChI=1S/C8H10N2O3/c11-6-4-7(12)10-8(9-6)5-2-1-3-13-5/h4-5H,1-3H2,(H2,9,10,11,12). The Hall–Kier alpha value is -1.36. The van der Waals surface area contributed by atoms with Crippen molar-refractivity contribution >= 4 is 0 Å². The smallest absolute Gasteiger partial charge is 0.254 e. The lowest BCUT2D eigenvalue weighted by Crippen LogP contribution is -2.12. The Bertz CT molecular complexity index is 355. The van der Waals surface area contributed by atoms with Crippen molar-refractivity contribution in [2.24, 2.45) is 0 Å². The van der Waals surface area contributed by atoms with Crippen molar-refractivity contribution < 1.29 is 9.84 Å². The number of aromatic nitrogens is 2. The van der Waals surface area contributed by atoms with E-state index >= 15 is 0 Å². The summed E-state index contributed by atoms with van der Waals surface area (Å²) in [6.45, 7) is 0.685. The molecule has 1 aliphatic heterocycles. The number of nitrogens with one attached hydrogen (secondary N) is 1. The third-order valence-electron chi connectivity index (χ3n) is 1.98. The molecule has 1 fully saturated rings. The molecule has 0 spiro atoms. The first-order valence-electron chi connectivity index (χ1n) is 4.17. The molecule has 0 bridgehead atoms. The zero-order chi connectivity index (χ0) is 9.26. The summed E-state index contributed by atoms with van der Waals surface area (Å²) in [5, 5.41) is 9.07. The van der Waals surface area contributed by atoms with E-state index in [2.05, 4.69) is 9.97 Å². The van der Waals surface area contributed by atoms with Crippen molar-refractivity contribution in [3.63, 3.8) is 0 Å². The number of aromatic amines is 1. The molecule has 1 aliphatic rings. The van der Waals surface area contributed by atoms with Gasteiger partial charge in [0.2, 0.25) is 5.88 Å². The topological polar surface area (TPSA) is 75.2 Å². The zero-order valence-corrected chi connectivity index (χ0v) is 6.99. The predicted octanol–water partition coefficient (Wildman–Crippen LogP) is 0.327. The SMILES string of the molecule is O=c1cc(O)nc(C2CCCO2)[nH]1. The largest absolute Gasteiger partial charge is 0.493 e. The molecule has 0 radical (unpaired) electrons. The van der Waals surface area contributed by atoms with Gasteiger partial charge < -0.3 is 14.8 Å². The van der Waals surface area contributed by atoms with Crippen LogP contribution in [0.4, 0.5) is 0 Å². The minimum atomic E-state index is -0.349. The van der Waals surface area contributed by atoms with E-state index in [0.29, 0.717) is 12.4 Å². The van der Waals surface area contributed by atoms with E-state index < -0.39 is 0 Å². The van der Waals surface area contributed by atoms with E-state index in [1.54, 1.807) is 0 Å². The van der Waals surface area contributed by atoms with Gasteiger partial charge in [-0.1, -0.05) is 0 Å². The van der Waals surface area contributed by atoms with Crippen LogP contribution in [0, 0.1) is 0 Å². The van der Waals surface area contributed by atoms with E-state index in [1.807, 2.05) is 0 Å². The third-order valence-corrected chi connectivity index (χ3v) is 1.98. The molecule has 5 nitrogen and oxygen atoms in total. The molecule has 13 heavy (non-hydrogen) atoms. The molecule has 1 saturated heterocycles. The monoisotopic (exact) mass is 182 g/mol.